The SMILES string of the molecule is CCNC(=NCc1ccc(C)cc1)NCCCc1cn[nH]c1C.I. The first kappa shape index (κ1) is 20.5. The van der Waals surface area contributed by atoms with Gasteiger partial charge in [-0.25, -0.2) is 4.99 Å². The second-order valence-electron chi connectivity index (χ2n) is 5.73. The third kappa shape index (κ3) is 6.90. The molecule has 1 aromatic carbocycles. The average Bonchev–Trinajstić information content (AvgIpc) is 2.96. The lowest BCUT2D eigenvalue weighted by Crippen LogP contribution is -2.37. The van der Waals surface area contributed by atoms with Crippen molar-refractivity contribution in [2.24, 2.45) is 4.99 Å². The molecule has 0 aliphatic carbocycles. The zero-order chi connectivity index (χ0) is 16.5. The number of halogens is 1. The average molecular weight is 441 g/mol. The Hall–Kier alpha value is -1.57. The quantitative estimate of drug-likeness (QED) is 0.267. The Bertz CT molecular complexity index is 619. The van der Waals surface area contributed by atoms with Crippen LogP contribution in [0.15, 0.2) is 35.5 Å². The van der Waals surface area contributed by atoms with Crippen molar-refractivity contribution in [3.05, 3.63) is 52.8 Å². The Balaban J connectivity index is 0.00000288. The fraction of sp³-hybridized carbons (Fsp3) is 0.444. The highest BCUT2D eigenvalue weighted by Crippen LogP contribution is 2.05. The third-order valence-corrected chi connectivity index (χ3v) is 3.73. The maximum Gasteiger partial charge on any atom is 0.191 e. The summed E-state index contributed by atoms with van der Waals surface area (Å²) < 4.78 is 0. The van der Waals surface area contributed by atoms with E-state index >= 15 is 0 Å². The number of benzene rings is 1. The van der Waals surface area contributed by atoms with Crippen LogP contribution in [0.1, 0.15) is 35.7 Å². The third-order valence-electron chi connectivity index (χ3n) is 3.73. The van der Waals surface area contributed by atoms with Gasteiger partial charge in [-0.1, -0.05) is 29.8 Å². The summed E-state index contributed by atoms with van der Waals surface area (Å²) in [4.78, 5) is 4.64. The Morgan fingerprint density at radius 3 is 2.54 bits per heavy atom. The van der Waals surface area contributed by atoms with Crippen LogP contribution in [0.2, 0.25) is 0 Å². The Kier molecular flexibility index (Phi) is 9.44. The van der Waals surface area contributed by atoms with Gasteiger partial charge in [-0.15, -0.1) is 24.0 Å². The molecule has 3 N–H and O–H groups in total. The number of nitrogens with zero attached hydrogens (tertiary/aromatic N) is 2. The molecule has 5 nitrogen and oxygen atoms in total. The number of aryl methyl sites for hydroxylation is 3. The van der Waals surface area contributed by atoms with Gasteiger partial charge in [-0.05, 0) is 44.7 Å². The highest BCUT2D eigenvalue weighted by molar-refractivity contribution is 14.0. The van der Waals surface area contributed by atoms with Gasteiger partial charge in [-0.2, -0.15) is 5.10 Å². The summed E-state index contributed by atoms with van der Waals surface area (Å²) in [6.07, 6.45) is 3.98. The van der Waals surface area contributed by atoms with Crippen molar-refractivity contribution in [1.29, 1.82) is 0 Å². The summed E-state index contributed by atoms with van der Waals surface area (Å²) in [5, 5.41) is 13.7. The van der Waals surface area contributed by atoms with Crippen LogP contribution >= 0.6 is 24.0 Å². The molecular weight excluding hydrogens is 413 g/mol. The Morgan fingerprint density at radius 1 is 1.17 bits per heavy atom. The zero-order valence-corrected chi connectivity index (χ0v) is 17.1. The molecule has 0 bridgehead atoms. The predicted octanol–water partition coefficient (Wildman–Crippen LogP) is 3.33. The van der Waals surface area contributed by atoms with Crippen molar-refractivity contribution < 1.29 is 0 Å². The van der Waals surface area contributed by atoms with Gasteiger partial charge >= 0.3 is 0 Å². The van der Waals surface area contributed by atoms with E-state index in [0.29, 0.717) is 6.54 Å². The molecule has 0 aliphatic rings. The van der Waals surface area contributed by atoms with Gasteiger partial charge in [0, 0.05) is 18.8 Å². The number of hydrogen-bond donors (Lipinski definition) is 3. The van der Waals surface area contributed by atoms with E-state index in [-0.39, 0.29) is 24.0 Å². The minimum Gasteiger partial charge on any atom is -0.357 e. The first-order chi connectivity index (χ1) is 11.2. The standard InChI is InChI=1S/C18H27N5.HI/c1-4-19-18(21-12-16-9-7-14(2)8-10-16)20-11-5-6-17-13-22-23-15(17)3;/h7-10,13H,4-6,11-12H2,1-3H3,(H,22,23)(H2,19,20,21);1H. The van der Waals surface area contributed by atoms with Crippen LogP contribution in [0.4, 0.5) is 0 Å². The molecule has 1 aromatic heterocycles. The smallest absolute Gasteiger partial charge is 0.191 e. The lowest BCUT2D eigenvalue weighted by molar-refractivity contribution is 0.742. The van der Waals surface area contributed by atoms with Crippen LogP contribution in [0.3, 0.4) is 0 Å². The summed E-state index contributed by atoms with van der Waals surface area (Å²) in [6, 6.07) is 8.51. The van der Waals surface area contributed by atoms with Gasteiger partial charge in [-0.3, -0.25) is 5.10 Å². The highest BCUT2D eigenvalue weighted by atomic mass is 127. The van der Waals surface area contributed by atoms with E-state index in [9.17, 15) is 0 Å². The topological polar surface area (TPSA) is 65.1 Å². The number of rotatable bonds is 7. The number of hydrogen-bond acceptors (Lipinski definition) is 2. The van der Waals surface area contributed by atoms with Crippen LogP contribution in [-0.4, -0.2) is 29.2 Å². The molecule has 6 heteroatoms. The number of nitrogens with one attached hydrogen (secondary N) is 3. The zero-order valence-electron chi connectivity index (χ0n) is 14.7. The van der Waals surface area contributed by atoms with Crippen LogP contribution in [-0.2, 0) is 13.0 Å². The van der Waals surface area contributed by atoms with Gasteiger partial charge in [0.05, 0.1) is 12.7 Å². The van der Waals surface area contributed by atoms with Crippen molar-refractivity contribution >= 4 is 29.9 Å². The van der Waals surface area contributed by atoms with Crippen LogP contribution < -0.4 is 10.6 Å². The molecule has 0 radical (unpaired) electrons. The normalized spacial score (nSPS) is 11.0. The first-order valence-corrected chi connectivity index (χ1v) is 8.25. The van der Waals surface area contributed by atoms with Gasteiger partial charge < -0.3 is 10.6 Å². The van der Waals surface area contributed by atoms with Crippen LogP contribution in [0, 0.1) is 13.8 Å². The van der Waals surface area contributed by atoms with E-state index in [4.69, 9.17) is 0 Å². The molecule has 24 heavy (non-hydrogen) atoms. The Labute approximate surface area is 161 Å². The van der Waals surface area contributed by atoms with E-state index in [2.05, 4.69) is 70.9 Å². The molecule has 0 amide bonds. The van der Waals surface area contributed by atoms with Gasteiger partial charge in [0.2, 0.25) is 0 Å². The van der Waals surface area contributed by atoms with Gasteiger partial charge in [0.15, 0.2) is 5.96 Å². The fourth-order valence-electron chi connectivity index (χ4n) is 2.32. The van der Waals surface area contributed by atoms with E-state index in [1.807, 2.05) is 6.20 Å². The van der Waals surface area contributed by atoms with Gasteiger partial charge in [0.25, 0.3) is 0 Å². The van der Waals surface area contributed by atoms with Crippen LogP contribution in [0.5, 0.6) is 0 Å². The maximum atomic E-state index is 4.64. The highest BCUT2D eigenvalue weighted by Gasteiger charge is 2.01. The largest absolute Gasteiger partial charge is 0.357 e. The summed E-state index contributed by atoms with van der Waals surface area (Å²) in [6.45, 7) is 8.68. The summed E-state index contributed by atoms with van der Waals surface area (Å²) in [5.74, 6) is 0.872. The monoisotopic (exact) mass is 441 g/mol. The Morgan fingerprint density at radius 2 is 1.92 bits per heavy atom. The second-order valence-corrected chi connectivity index (χ2v) is 5.73. The minimum absolute atomic E-state index is 0. The molecule has 0 saturated heterocycles. The molecule has 2 aromatic rings. The first-order valence-electron chi connectivity index (χ1n) is 8.25. The van der Waals surface area contributed by atoms with Crippen molar-refractivity contribution in [3.63, 3.8) is 0 Å². The van der Waals surface area contributed by atoms with E-state index in [1.54, 1.807) is 0 Å². The van der Waals surface area contributed by atoms with E-state index in [1.165, 1.54) is 16.7 Å². The summed E-state index contributed by atoms with van der Waals surface area (Å²) in [7, 11) is 0. The number of H-pyrrole nitrogens is 1. The molecular formula is C18H28IN5. The number of guanidine groups is 1. The molecule has 0 saturated carbocycles. The number of aromatic nitrogens is 2. The number of aromatic amines is 1. The van der Waals surface area contributed by atoms with Gasteiger partial charge in [0.1, 0.15) is 0 Å². The minimum atomic E-state index is 0. The van der Waals surface area contributed by atoms with Crippen LogP contribution in [0.25, 0.3) is 0 Å². The molecule has 0 unspecified atom stereocenters. The lowest BCUT2D eigenvalue weighted by atomic mass is 10.1. The van der Waals surface area contributed by atoms with Crippen molar-refractivity contribution in [1.82, 2.24) is 20.8 Å². The van der Waals surface area contributed by atoms with Crippen molar-refractivity contribution in [2.75, 3.05) is 13.1 Å². The van der Waals surface area contributed by atoms with E-state index < -0.39 is 0 Å². The lowest BCUT2D eigenvalue weighted by Gasteiger charge is -2.11. The van der Waals surface area contributed by atoms with E-state index in [0.717, 1.165) is 37.6 Å². The molecule has 0 atom stereocenters. The van der Waals surface area contributed by atoms with Crippen molar-refractivity contribution in [3.8, 4) is 0 Å². The number of aliphatic imine (C=N–C) groups is 1. The molecule has 0 spiro atoms. The fourth-order valence-corrected chi connectivity index (χ4v) is 2.32. The second kappa shape index (κ2) is 11.1. The molecule has 0 aliphatic heterocycles. The molecule has 2 rings (SSSR count). The summed E-state index contributed by atoms with van der Waals surface area (Å²) in [5.41, 5.74) is 4.94. The molecule has 1 heterocycles. The molecule has 132 valence electrons. The van der Waals surface area contributed by atoms with Crippen molar-refractivity contribution in [2.45, 2.75) is 40.2 Å². The maximum absolute atomic E-state index is 4.64. The summed E-state index contributed by atoms with van der Waals surface area (Å²) >= 11 is 0. The predicted molar refractivity (Wildman–Crippen MR) is 111 cm³/mol. The molecule has 0 fully saturated rings.